The third-order valence-corrected chi connectivity index (χ3v) is 5.34. The highest BCUT2D eigenvalue weighted by Crippen LogP contribution is 2.27. The Hall–Kier alpha value is -2.25. The van der Waals surface area contributed by atoms with E-state index in [1.807, 2.05) is 30.3 Å². The van der Waals surface area contributed by atoms with Gasteiger partial charge in [-0.1, -0.05) is 51.1 Å². The number of nitrogens with zero attached hydrogens (tertiary/aromatic N) is 2. The van der Waals surface area contributed by atoms with Crippen LogP contribution in [0.25, 0.3) is 0 Å². The highest BCUT2D eigenvalue weighted by molar-refractivity contribution is 6.04. The van der Waals surface area contributed by atoms with E-state index in [1.165, 1.54) is 9.96 Å². The Bertz CT molecular complexity index is 779. The minimum absolute atomic E-state index is 0.151. The van der Waals surface area contributed by atoms with Crippen LogP contribution in [0, 0.1) is 5.41 Å². The molecule has 172 valence electrons. The summed E-state index contributed by atoms with van der Waals surface area (Å²) in [5.74, 6) is -0.437. The van der Waals surface area contributed by atoms with Gasteiger partial charge >= 0.3 is 6.09 Å². The highest BCUT2D eigenvalue weighted by Gasteiger charge is 2.40. The molecule has 2 atom stereocenters. The Labute approximate surface area is 185 Å². The summed E-state index contributed by atoms with van der Waals surface area (Å²) in [5.41, 5.74) is -0.397. The van der Waals surface area contributed by atoms with Crippen molar-refractivity contribution in [3.05, 3.63) is 35.9 Å². The Balaban J connectivity index is 2.16. The largest absolute Gasteiger partial charge is 0.444 e. The number of carbonyl (C=O) groups excluding carboxylic acids is 3. The molecule has 1 aromatic carbocycles. The molecule has 1 N–H and O–H groups in total. The highest BCUT2D eigenvalue weighted by atomic mass is 16.6. The lowest BCUT2D eigenvalue weighted by Crippen LogP contribution is -2.56. The summed E-state index contributed by atoms with van der Waals surface area (Å²) in [6.07, 6.45) is 0.0756. The first-order chi connectivity index (χ1) is 14.3. The molecule has 2 rings (SSSR count). The van der Waals surface area contributed by atoms with E-state index in [1.54, 1.807) is 41.5 Å². The molecule has 1 amide bonds. The number of Topliss-reactive ketones (excluding diaryl/α,β-unsaturated/α-hetero) is 2. The molecule has 0 bridgehead atoms. The number of hydrogen-bond donors (Lipinski definition) is 1. The van der Waals surface area contributed by atoms with Gasteiger partial charge in [0.1, 0.15) is 11.4 Å². The number of benzene rings is 1. The molecule has 1 aromatic rings. The van der Waals surface area contributed by atoms with E-state index in [-0.39, 0.29) is 30.6 Å². The van der Waals surface area contributed by atoms with Gasteiger partial charge in [0.2, 0.25) is 0 Å². The van der Waals surface area contributed by atoms with Crippen molar-refractivity contribution in [2.75, 3.05) is 6.54 Å². The smallest absolute Gasteiger partial charge is 0.410 e. The maximum atomic E-state index is 13.0. The molecule has 1 heterocycles. The molecular formula is C24H36N2O5. The molecule has 1 aliphatic heterocycles. The summed E-state index contributed by atoms with van der Waals surface area (Å²) in [7, 11) is 0. The summed E-state index contributed by atoms with van der Waals surface area (Å²) < 4.78 is 5.53. The molecule has 0 aliphatic carbocycles. The van der Waals surface area contributed by atoms with Gasteiger partial charge in [-0.15, -0.1) is 0 Å². The van der Waals surface area contributed by atoms with Gasteiger partial charge in [0, 0.05) is 18.5 Å². The Morgan fingerprint density at radius 1 is 1.06 bits per heavy atom. The van der Waals surface area contributed by atoms with Gasteiger partial charge in [-0.3, -0.25) is 14.5 Å². The zero-order valence-electron chi connectivity index (χ0n) is 19.6. The van der Waals surface area contributed by atoms with Gasteiger partial charge in [0.15, 0.2) is 5.78 Å². The Morgan fingerprint density at radius 3 is 2.23 bits per heavy atom. The van der Waals surface area contributed by atoms with E-state index in [0.717, 1.165) is 5.56 Å². The van der Waals surface area contributed by atoms with Crippen molar-refractivity contribution in [3.8, 4) is 0 Å². The van der Waals surface area contributed by atoms with Crippen molar-refractivity contribution in [2.24, 2.45) is 5.41 Å². The fraction of sp³-hybridized carbons (Fsp3) is 0.625. The van der Waals surface area contributed by atoms with Crippen LogP contribution in [0.2, 0.25) is 0 Å². The van der Waals surface area contributed by atoms with Crippen molar-refractivity contribution >= 4 is 17.7 Å². The van der Waals surface area contributed by atoms with Gasteiger partial charge in [0.05, 0.1) is 18.5 Å². The van der Waals surface area contributed by atoms with Gasteiger partial charge < -0.3 is 9.94 Å². The number of amides is 1. The summed E-state index contributed by atoms with van der Waals surface area (Å²) in [6, 6.07) is 8.48. The first-order valence-electron chi connectivity index (χ1n) is 10.8. The fourth-order valence-electron chi connectivity index (χ4n) is 3.49. The standard InChI is InChI=1S/C24H36N2O5/c1-23(2,3)21(28)14-20(27)19-13-12-18(16-25(19)22(29)31-24(4,5)6)26(30)15-17-10-8-7-9-11-17/h7-11,18-19,30H,12-16H2,1-6H3/t18-,19+/m1/s1. The van der Waals surface area contributed by atoms with E-state index in [9.17, 15) is 19.6 Å². The first kappa shape index (κ1) is 25.0. The van der Waals surface area contributed by atoms with Crippen LogP contribution in [0.15, 0.2) is 30.3 Å². The van der Waals surface area contributed by atoms with Gasteiger partial charge in [-0.2, -0.15) is 5.06 Å². The van der Waals surface area contributed by atoms with Crippen molar-refractivity contribution in [1.82, 2.24) is 9.96 Å². The summed E-state index contributed by atoms with van der Waals surface area (Å²) in [5, 5.41) is 11.9. The van der Waals surface area contributed by atoms with Crippen molar-refractivity contribution < 1.29 is 24.3 Å². The van der Waals surface area contributed by atoms with E-state index < -0.39 is 23.2 Å². The second-order valence-electron chi connectivity index (χ2n) is 10.3. The lowest BCUT2D eigenvalue weighted by molar-refractivity contribution is -0.156. The van der Waals surface area contributed by atoms with Crippen LogP contribution in [-0.2, 0) is 20.9 Å². The average Bonchev–Trinajstić information content (AvgIpc) is 2.66. The lowest BCUT2D eigenvalue weighted by atomic mass is 9.85. The summed E-state index contributed by atoms with van der Waals surface area (Å²) in [4.78, 5) is 39.6. The minimum Gasteiger partial charge on any atom is -0.444 e. The van der Waals surface area contributed by atoms with Crippen LogP contribution in [-0.4, -0.2) is 57.1 Å². The molecule has 0 aromatic heterocycles. The predicted octanol–water partition coefficient (Wildman–Crippen LogP) is 4.22. The van der Waals surface area contributed by atoms with Crippen LogP contribution < -0.4 is 0 Å². The maximum absolute atomic E-state index is 13.0. The van der Waals surface area contributed by atoms with Crippen molar-refractivity contribution in [2.45, 2.75) is 85.0 Å². The first-order valence-corrected chi connectivity index (χ1v) is 10.8. The molecule has 31 heavy (non-hydrogen) atoms. The number of hydroxylamine groups is 2. The Kier molecular flexibility index (Phi) is 8.00. The number of likely N-dealkylation sites (tertiary alicyclic amines) is 1. The number of piperidine rings is 1. The topological polar surface area (TPSA) is 87.2 Å². The normalized spacial score (nSPS) is 19.9. The zero-order chi connectivity index (χ0) is 23.4. The number of hydrogen-bond acceptors (Lipinski definition) is 6. The third-order valence-electron chi connectivity index (χ3n) is 5.34. The second kappa shape index (κ2) is 9.92. The van der Waals surface area contributed by atoms with Crippen LogP contribution in [0.1, 0.15) is 66.4 Å². The van der Waals surface area contributed by atoms with Crippen molar-refractivity contribution in [1.29, 1.82) is 0 Å². The van der Waals surface area contributed by atoms with Crippen LogP contribution in [0.3, 0.4) is 0 Å². The quantitative estimate of drug-likeness (QED) is 0.535. The Morgan fingerprint density at radius 2 is 1.68 bits per heavy atom. The van der Waals surface area contributed by atoms with E-state index in [2.05, 4.69) is 0 Å². The van der Waals surface area contributed by atoms with E-state index in [4.69, 9.17) is 4.74 Å². The predicted molar refractivity (Wildman–Crippen MR) is 118 cm³/mol. The summed E-state index contributed by atoms with van der Waals surface area (Å²) >= 11 is 0. The van der Waals surface area contributed by atoms with Gasteiger partial charge in [0.25, 0.3) is 0 Å². The fourth-order valence-corrected chi connectivity index (χ4v) is 3.49. The number of carbonyl (C=O) groups is 3. The van der Waals surface area contributed by atoms with Crippen molar-refractivity contribution in [3.63, 3.8) is 0 Å². The SMILES string of the molecule is CC(C)(C)OC(=O)N1C[C@H](N(O)Cc2ccccc2)CC[C@H]1C(=O)CC(=O)C(C)(C)C. The second-order valence-corrected chi connectivity index (χ2v) is 10.3. The number of ether oxygens (including phenoxy) is 1. The third kappa shape index (κ3) is 7.43. The lowest BCUT2D eigenvalue weighted by Gasteiger charge is -2.41. The molecule has 0 radical (unpaired) electrons. The molecule has 1 saturated heterocycles. The van der Waals surface area contributed by atoms with Crippen LogP contribution in [0.5, 0.6) is 0 Å². The molecule has 1 aliphatic rings. The number of rotatable bonds is 6. The van der Waals surface area contributed by atoms with Crippen LogP contribution in [0.4, 0.5) is 4.79 Å². The minimum atomic E-state index is -0.734. The number of ketones is 2. The summed E-state index contributed by atoms with van der Waals surface area (Å²) in [6.45, 7) is 11.1. The van der Waals surface area contributed by atoms with E-state index in [0.29, 0.717) is 19.4 Å². The molecule has 0 unspecified atom stereocenters. The monoisotopic (exact) mass is 432 g/mol. The molecule has 7 heteroatoms. The molecule has 0 saturated carbocycles. The molecule has 0 spiro atoms. The van der Waals surface area contributed by atoms with E-state index >= 15 is 0 Å². The van der Waals surface area contributed by atoms with Gasteiger partial charge in [-0.05, 0) is 39.2 Å². The molecule has 7 nitrogen and oxygen atoms in total. The zero-order valence-corrected chi connectivity index (χ0v) is 19.6. The molecule has 1 fully saturated rings. The van der Waals surface area contributed by atoms with Crippen LogP contribution >= 0.6 is 0 Å². The average molecular weight is 433 g/mol. The maximum Gasteiger partial charge on any atom is 0.410 e. The molecular weight excluding hydrogens is 396 g/mol. The van der Waals surface area contributed by atoms with Gasteiger partial charge in [-0.25, -0.2) is 4.79 Å².